The van der Waals surface area contributed by atoms with Crippen LogP contribution in [0.3, 0.4) is 0 Å². The van der Waals surface area contributed by atoms with Crippen LogP contribution >= 0.6 is 35.7 Å². The van der Waals surface area contributed by atoms with Gasteiger partial charge in [0.05, 0.1) is 5.88 Å². The van der Waals surface area contributed by atoms with Gasteiger partial charge in [0.25, 0.3) is 11.8 Å². The van der Waals surface area contributed by atoms with Crippen molar-refractivity contribution in [3.05, 3.63) is 23.3 Å². The lowest BCUT2D eigenvalue weighted by molar-refractivity contribution is -0.136. The number of carbonyl (C=O) groups is 2. The lowest BCUT2D eigenvalue weighted by Crippen LogP contribution is -2.31. The SMILES string of the molecule is CCCCSC(=S)SCN1C(=O)C2=C(CCC=C2)C1=O. The minimum atomic E-state index is -0.171. The predicted octanol–water partition coefficient (Wildman–Crippen LogP) is 3.51. The third kappa shape index (κ3) is 3.54. The first-order valence-electron chi connectivity index (χ1n) is 6.70. The molecule has 0 N–H and O–H groups in total. The molecule has 0 atom stereocenters. The predicted molar refractivity (Wildman–Crippen MR) is 89.7 cm³/mol. The van der Waals surface area contributed by atoms with E-state index in [2.05, 4.69) is 6.92 Å². The average molecular weight is 327 g/mol. The molecule has 6 heteroatoms. The second kappa shape index (κ2) is 7.43. The Bertz CT molecular complexity index is 497. The van der Waals surface area contributed by atoms with Gasteiger partial charge in [0.2, 0.25) is 0 Å². The van der Waals surface area contributed by atoms with Crippen LogP contribution in [0.2, 0.25) is 0 Å². The Kier molecular flexibility index (Phi) is 5.86. The maximum Gasteiger partial charge on any atom is 0.261 e. The Morgan fingerprint density at radius 3 is 2.85 bits per heavy atom. The molecule has 0 fully saturated rings. The summed E-state index contributed by atoms with van der Waals surface area (Å²) in [7, 11) is 0. The zero-order valence-electron chi connectivity index (χ0n) is 11.4. The summed E-state index contributed by atoms with van der Waals surface area (Å²) in [6, 6.07) is 0. The molecular weight excluding hydrogens is 310 g/mol. The van der Waals surface area contributed by atoms with Gasteiger partial charge in [-0.25, -0.2) is 0 Å². The molecule has 0 aromatic heterocycles. The summed E-state index contributed by atoms with van der Waals surface area (Å²) in [4.78, 5) is 25.6. The fraction of sp³-hybridized carbons (Fsp3) is 0.500. The number of thiocarbonyl (C=S) groups is 1. The van der Waals surface area contributed by atoms with Crippen LogP contribution in [0.15, 0.2) is 23.3 Å². The monoisotopic (exact) mass is 327 g/mol. The molecule has 0 aromatic carbocycles. The topological polar surface area (TPSA) is 37.4 Å². The quantitative estimate of drug-likeness (QED) is 0.439. The van der Waals surface area contributed by atoms with Crippen molar-refractivity contribution in [2.24, 2.45) is 0 Å². The molecule has 1 aliphatic carbocycles. The number of amides is 2. The molecule has 0 saturated heterocycles. The van der Waals surface area contributed by atoms with E-state index in [-0.39, 0.29) is 11.8 Å². The highest BCUT2D eigenvalue weighted by Crippen LogP contribution is 2.31. The maximum atomic E-state index is 12.2. The summed E-state index contributed by atoms with van der Waals surface area (Å²) in [5.41, 5.74) is 1.24. The van der Waals surface area contributed by atoms with Crippen LogP contribution in [0, 0.1) is 0 Å². The standard InChI is InChI=1S/C14H17NO2S3/c1-2-3-8-19-14(18)20-9-15-12(16)10-6-4-5-7-11(10)13(15)17/h4,6H,2-3,5,7-9H2,1H3. The van der Waals surface area contributed by atoms with Crippen LogP contribution in [-0.4, -0.2) is 31.9 Å². The van der Waals surface area contributed by atoms with E-state index in [1.54, 1.807) is 17.8 Å². The highest BCUT2D eigenvalue weighted by atomic mass is 32.2. The number of thioether (sulfide) groups is 2. The van der Waals surface area contributed by atoms with E-state index < -0.39 is 0 Å². The summed E-state index contributed by atoms with van der Waals surface area (Å²) >= 11 is 8.29. The fourth-order valence-electron chi connectivity index (χ4n) is 2.06. The molecule has 0 bridgehead atoms. The molecule has 108 valence electrons. The first-order valence-corrected chi connectivity index (χ1v) is 9.08. The Hall–Kier alpha value is -0.590. The Morgan fingerprint density at radius 1 is 1.35 bits per heavy atom. The van der Waals surface area contributed by atoms with E-state index in [0.717, 1.165) is 28.5 Å². The number of allylic oxidation sites excluding steroid dienone is 1. The molecule has 2 amide bonds. The van der Waals surface area contributed by atoms with Gasteiger partial charge in [-0.3, -0.25) is 14.5 Å². The second-order valence-corrected chi connectivity index (χ2v) is 7.84. The molecule has 0 saturated carbocycles. The van der Waals surface area contributed by atoms with Gasteiger partial charge in [-0.05, 0) is 25.0 Å². The number of hydrogen-bond donors (Lipinski definition) is 0. The van der Waals surface area contributed by atoms with Crippen molar-refractivity contribution < 1.29 is 9.59 Å². The highest BCUT2D eigenvalue weighted by molar-refractivity contribution is 8.47. The summed E-state index contributed by atoms with van der Waals surface area (Å²) < 4.78 is 0.805. The van der Waals surface area contributed by atoms with Gasteiger partial charge in [-0.1, -0.05) is 49.5 Å². The summed E-state index contributed by atoms with van der Waals surface area (Å²) in [5, 5.41) is 0. The molecule has 2 aliphatic rings. The van der Waals surface area contributed by atoms with Crippen LogP contribution in [0.4, 0.5) is 0 Å². The molecule has 1 heterocycles. The van der Waals surface area contributed by atoms with Gasteiger partial charge >= 0.3 is 0 Å². The molecule has 2 rings (SSSR count). The number of imide groups is 1. The average Bonchev–Trinajstić information content (AvgIpc) is 2.70. The molecule has 3 nitrogen and oxygen atoms in total. The lowest BCUT2D eigenvalue weighted by Gasteiger charge is -2.14. The molecule has 20 heavy (non-hydrogen) atoms. The Balaban J connectivity index is 1.86. The first-order chi connectivity index (χ1) is 9.65. The number of hydrogen-bond acceptors (Lipinski definition) is 5. The van der Waals surface area contributed by atoms with Gasteiger partial charge in [-0.15, -0.1) is 11.8 Å². The third-order valence-electron chi connectivity index (χ3n) is 3.18. The van der Waals surface area contributed by atoms with Gasteiger partial charge < -0.3 is 0 Å². The zero-order valence-corrected chi connectivity index (χ0v) is 13.8. The molecule has 0 spiro atoms. The third-order valence-corrected chi connectivity index (χ3v) is 5.94. The normalized spacial score (nSPS) is 17.9. The Morgan fingerprint density at radius 2 is 2.15 bits per heavy atom. The molecule has 0 unspecified atom stereocenters. The van der Waals surface area contributed by atoms with Crippen LogP contribution in [0.5, 0.6) is 0 Å². The van der Waals surface area contributed by atoms with Crippen LogP contribution < -0.4 is 0 Å². The number of carbonyl (C=O) groups excluding carboxylic acids is 2. The van der Waals surface area contributed by atoms with Gasteiger partial charge in [0.1, 0.15) is 3.53 Å². The van der Waals surface area contributed by atoms with Crippen molar-refractivity contribution in [1.29, 1.82) is 0 Å². The van der Waals surface area contributed by atoms with E-state index >= 15 is 0 Å². The Labute approximate surface area is 133 Å². The van der Waals surface area contributed by atoms with Crippen molar-refractivity contribution in [3.63, 3.8) is 0 Å². The second-order valence-electron chi connectivity index (χ2n) is 4.60. The van der Waals surface area contributed by atoms with E-state index in [4.69, 9.17) is 12.2 Å². The first kappa shape index (κ1) is 15.8. The van der Waals surface area contributed by atoms with E-state index in [9.17, 15) is 9.59 Å². The minimum absolute atomic E-state index is 0.136. The molecule has 0 radical (unpaired) electrons. The maximum absolute atomic E-state index is 12.2. The number of rotatable bonds is 5. The summed E-state index contributed by atoms with van der Waals surface area (Å²) in [6.07, 6.45) is 7.52. The van der Waals surface area contributed by atoms with Crippen molar-refractivity contribution in [2.75, 3.05) is 11.6 Å². The molecule has 0 aromatic rings. The van der Waals surface area contributed by atoms with Gasteiger partial charge in [0.15, 0.2) is 0 Å². The van der Waals surface area contributed by atoms with Gasteiger partial charge in [-0.2, -0.15) is 0 Å². The van der Waals surface area contributed by atoms with E-state index in [0.29, 0.717) is 23.4 Å². The van der Waals surface area contributed by atoms with E-state index in [1.807, 2.05) is 6.08 Å². The van der Waals surface area contributed by atoms with Crippen molar-refractivity contribution >= 4 is 51.1 Å². The van der Waals surface area contributed by atoms with Crippen molar-refractivity contribution in [3.8, 4) is 0 Å². The highest BCUT2D eigenvalue weighted by Gasteiger charge is 2.37. The zero-order chi connectivity index (χ0) is 14.5. The number of unbranched alkanes of at least 4 members (excludes halogenated alkanes) is 1. The van der Waals surface area contributed by atoms with Crippen LogP contribution in [-0.2, 0) is 9.59 Å². The van der Waals surface area contributed by atoms with Crippen LogP contribution in [0.1, 0.15) is 32.6 Å². The van der Waals surface area contributed by atoms with Crippen LogP contribution in [0.25, 0.3) is 0 Å². The summed E-state index contributed by atoms with van der Waals surface area (Å²) in [5.74, 6) is 1.02. The van der Waals surface area contributed by atoms with Gasteiger partial charge in [0, 0.05) is 11.1 Å². The van der Waals surface area contributed by atoms with E-state index in [1.165, 1.54) is 16.7 Å². The minimum Gasteiger partial charge on any atom is -0.269 e. The van der Waals surface area contributed by atoms with Crippen molar-refractivity contribution in [2.45, 2.75) is 32.6 Å². The smallest absolute Gasteiger partial charge is 0.261 e. The lowest BCUT2D eigenvalue weighted by atomic mass is 10.00. The van der Waals surface area contributed by atoms with Crippen molar-refractivity contribution in [1.82, 2.24) is 4.90 Å². The number of nitrogens with zero attached hydrogens (tertiary/aromatic N) is 1. The summed E-state index contributed by atoms with van der Waals surface area (Å²) in [6.45, 7) is 2.14. The molecular formula is C14H17NO2S3. The fourth-order valence-corrected chi connectivity index (χ4v) is 4.28. The largest absolute Gasteiger partial charge is 0.269 e. The molecule has 1 aliphatic heterocycles.